The Hall–Kier alpha value is -1.31. The van der Waals surface area contributed by atoms with Gasteiger partial charge in [0.1, 0.15) is 0 Å². The van der Waals surface area contributed by atoms with Crippen LogP contribution in [0.15, 0.2) is 29.3 Å². The number of guanidine groups is 1. The SMILES string of the molecule is CCC(C)NC(N)=NCCc1ccc(NC(C)=O)cc1.I. The first-order valence-corrected chi connectivity index (χ1v) is 6.94. The molecule has 0 bridgehead atoms. The fourth-order valence-corrected chi connectivity index (χ4v) is 1.66. The van der Waals surface area contributed by atoms with Crippen molar-refractivity contribution in [2.24, 2.45) is 10.7 Å². The third-order valence-corrected chi connectivity index (χ3v) is 2.96. The number of rotatable bonds is 6. The molecule has 0 spiro atoms. The molecule has 6 heteroatoms. The number of carbonyl (C=O) groups is 1. The molecule has 0 fully saturated rings. The highest BCUT2D eigenvalue weighted by Gasteiger charge is 1.99. The van der Waals surface area contributed by atoms with Crippen molar-refractivity contribution in [2.75, 3.05) is 11.9 Å². The average molecular weight is 404 g/mol. The van der Waals surface area contributed by atoms with Gasteiger partial charge in [-0.25, -0.2) is 0 Å². The lowest BCUT2D eigenvalue weighted by atomic mass is 10.1. The average Bonchev–Trinajstić information content (AvgIpc) is 2.40. The molecule has 0 aliphatic heterocycles. The van der Waals surface area contributed by atoms with Crippen LogP contribution in [0.25, 0.3) is 0 Å². The molecule has 1 rings (SSSR count). The van der Waals surface area contributed by atoms with Crippen LogP contribution in [0, 0.1) is 0 Å². The van der Waals surface area contributed by atoms with Crippen molar-refractivity contribution < 1.29 is 4.79 Å². The van der Waals surface area contributed by atoms with Crippen LogP contribution in [0.2, 0.25) is 0 Å². The molecule has 1 unspecified atom stereocenters. The number of amides is 1. The van der Waals surface area contributed by atoms with Crippen molar-refractivity contribution in [3.05, 3.63) is 29.8 Å². The Morgan fingerprint density at radius 1 is 1.33 bits per heavy atom. The number of anilines is 1. The minimum absolute atomic E-state index is 0. The predicted octanol–water partition coefficient (Wildman–Crippen LogP) is 2.51. The second-order valence-corrected chi connectivity index (χ2v) is 4.85. The van der Waals surface area contributed by atoms with E-state index in [4.69, 9.17) is 5.73 Å². The zero-order valence-electron chi connectivity index (χ0n) is 12.8. The van der Waals surface area contributed by atoms with E-state index >= 15 is 0 Å². The summed E-state index contributed by atoms with van der Waals surface area (Å²) in [5.74, 6) is 0.431. The Bertz CT molecular complexity index is 459. The number of nitrogens with one attached hydrogen (secondary N) is 2. The van der Waals surface area contributed by atoms with E-state index in [9.17, 15) is 4.79 Å². The van der Waals surface area contributed by atoms with E-state index < -0.39 is 0 Å². The van der Waals surface area contributed by atoms with Crippen LogP contribution in [0.5, 0.6) is 0 Å². The molecule has 21 heavy (non-hydrogen) atoms. The maximum Gasteiger partial charge on any atom is 0.221 e. The Morgan fingerprint density at radius 2 is 1.95 bits per heavy atom. The monoisotopic (exact) mass is 404 g/mol. The van der Waals surface area contributed by atoms with Gasteiger partial charge in [0.2, 0.25) is 5.91 Å². The van der Waals surface area contributed by atoms with Crippen LogP contribution in [0.4, 0.5) is 5.69 Å². The summed E-state index contributed by atoms with van der Waals surface area (Å²) in [4.78, 5) is 15.2. The number of nitrogens with two attached hydrogens (primary N) is 1. The molecule has 4 N–H and O–H groups in total. The molecule has 0 aromatic heterocycles. The van der Waals surface area contributed by atoms with Gasteiger partial charge in [0.15, 0.2) is 5.96 Å². The van der Waals surface area contributed by atoms with Crippen LogP contribution >= 0.6 is 24.0 Å². The molecule has 1 atom stereocenters. The van der Waals surface area contributed by atoms with Crippen LogP contribution in [0.1, 0.15) is 32.8 Å². The third-order valence-electron chi connectivity index (χ3n) is 2.96. The molecule has 0 saturated heterocycles. The van der Waals surface area contributed by atoms with E-state index in [0.717, 1.165) is 18.5 Å². The first-order valence-electron chi connectivity index (χ1n) is 6.94. The first kappa shape index (κ1) is 19.7. The molecule has 0 aliphatic carbocycles. The first-order chi connectivity index (χ1) is 9.51. The highest BCUT2D eigenvalue weighted by Crippen LogP contribution is 2.09. The minimum atomic E-state index is -0.0637. The number of hydrogen-bond donors (Lipinski definition) is 3. The molecule has 1 aromatic rings. The maximum absolute atomic E-state index is 10.9. The third kappa shape index (κ3) is 8.54. The molecule has 118 valence electrons. The number of benzene rings is 1. The lowest BCUT2D eigenvalue weighted by molar-refractivity contribution is -0.114. The summed E-state index contributed by atoms with van der Waals surface area (Å²) in [6.07, 6.45) is 1.84. The quantitative estimate of drug-likeness (QED) is 0.387. The highest BCUT2D eigenvalue weighted by molar-refractivity contribution is 14.0. The van der Waals surface area contributed by atoms with Gasteiger partial charge in [0.25, 0.3) is 0 Å². The van der Waals surface area contributed by atoms with Gasteiger partial charge in [-0.1, -0.05) is 19.1 Å². The van der Waals surface area contributed by atoms with Crippen molar-refractivity contribution >= 4 is 41.5 Å². The molecular formula is C15H25IN4O. The van der Waals surface area contributed by atoms with E-state index in [0.29, 0.717) is 18.5 Å². The summed E-state index contributed by atoms with van der Waals surface area (Å²) < 4.78 is 0. The lowest BCUT2D eigenvalue weighted by Crippen LogP contribution is -2.38. The fourth-order valence-electron chi connectivity index (χ4n) is 1.66. The summed E-state index contributed by atoms with van der Waals surface area (Å²) >= 11 is 0. The smallest absolute Gasteiger partial charge is 0.221 e. The van der Waals surface area contributed by atoms with Gasteiger partial charge < -0.3 is 16.4 Å². The summed E-state index contributed by atoms with van der Waals surface area (Å²) in [7, 11) is 0. The summed E-state index contributed by atoms with van der Waals surface area (Å²) in [5.41, 5.74) is 7.76. The molecule has 1 amide bonds. The molecule has 5 nitrogen and oxygen atoms in total. The standard InChI is InChI=1S/C15H24N4O.HI/c1-4-11(2)18-15(16)17-10-9-13-5-7-14(8-6-13)19-12(3)20;/h5-8,11H,4,9-10H2,1-3H3,(H,19,20)(H3,16,17,18);1H. The minimum Gasteiger partial charge on any atom is -0.370 e. The van der Waals surface area contributed by atoms with Crippen molar-refractivity contribution in [1.29, 1.82) is 0 Å². The summed E-state index contributed by atoms with van der Waals surface area (Å²) in [6, 6.07) is 8.09. The van der Waals surface area contributed by atoms with Crippen molar-refractivity contribution in [2.45, 2.75) is 39.7 Å². The van der Waals surface area contributed by atoms with Crippen LogP contribution in [-0.4, -0.2) is 24.5 Å². The Balaban J connectivity index is 0.00000400. The van der Waals surface area contributed by atoms with Crippen LogP contribution in [0.3, 0.4) is 0 Å². The highest BCUT2D eigenvalue weighted by atomic mass is 127. The number of halogens is 1. The second-order valence-electron chi connectivity index (χ2n) is 4.85. The Morgan fingerprint density at radius 3 is 2.48 bits per heavy atom. The van der Waals surface area contributed by atoms with E-state index in [1.807, 2.05) is 24.3 Å². The number of aliphatic imine (C=N–C) groups is 1. The Labute approximate surface area is 143 Å². The molecule has 0 aliphatic rings. The van der Waals surface area contributed by atoms with Crippen LogP contribution in [-0.2, 0) is 11.2 Å². The molecule has 0 heterocycles. The van der Waals surface area contributed by atoms with Crippen LogP contribution < -0.4 is 16.4 Å². The fraction of sp³-hybridized carbons (Fsp3) is 0.467. The normalized spacial score (nSPS) is 12.2. The van der Waals surface area contributed by atoms with E-state index in [2.05, 4.69) is 29.5 Å². The number of nitrogens with zero attached hydrogens (tertiary/aromatic N) is 1. The van der Waals surface area contributed by atoms with Gasteiger partial charge in [-0.15, -0.1) is 24.0 Å². The lowest BCUT2D eigenvalue weighted by Gasteiger charge is -2.11. The van der Waals surface area contributed by atoms with Gasteiger partial charge in [0.05, 0.1) is 0 Å². The van der Waals surface area contributed by atoms with E-state index in [1.54, 1.807) is 0 Å². The van der Waals surface area contributed by atoms with Gasteiger partial charge in [-0.2, -0.15) is 0 Å². The topological polar surface area (TPSA) is 79.5 Å². The number of hydrogen-bond acceptors (Lipinski definition) is 2. The van der Waals surface area contributed by atoms with E-state index in [-0.39, 0.29) is 29.9 Å². The number of carbonyl (C=O) groups excluding carboxylic acids is 1. The predicted molar refractivity (Wildman–Crippen MR) is 99.2 cm³/mol. The van der Waals surface area contributed by atoms with Crippen molar-refractivity contribution in [1.82, 2.24) is 5.32 Å². The maximum atomic E-state index is 10.9. The van der Waals surface area contributed by atoms with Gasteiger partial charge in [-0.05, 0) is 37.5 Å². The molecule has 1 aromatic carbocycles. The summed E-state index contributed by atoms with van der Waals surface area (Å²) in [6.45, 7) is 6.31. The molecule has 0 radical (unpaired) electrons. The summed E-state index contributed by atoms with van der Waals surface area (Å²) in [5, 5.41) is 5.86. The Kier molecular flexibility index (Phi) is 9.77. The zero-order valence-corrected chi connectivity index (χ0v) is 15.2. The van der Waals surface area contributed by atoms with Gasteiger partial charge in [-0.3, -0.25) is 9.79 Å². The van der Waals surface area contributed by atoms with E-state index in [1.165, 1.54) is 12.5 Å². The van der Waals surface area contributed by atoms with Crippen molar-refractivity contribution in [3.63, 3.8) is 0 Å². The second kappa shape index (κ2) is 10.4. The zero-order chi connectivity index (χ0) is 15.0. The van der Waals surface area contributed by atoms with Crippen molar-refractivity contribution in [3.8, 4) is 0 Å². The molecular weight excluding hydrogens is 379 g/mol. The van der Waals surface area contributed by atoms with Gasteiger partial charge >= 0.3 is 0 Å². The largest absolute Gasteiger partial charge is 0.370 e. The molecule has 0 saturated carbocycles. The van der Waals surface area contributed by atoms with Gasteiger partial charge in [0, 0.05) is 25.2 Å².